The first-order valence-corrected chi connectivity index (χ1v) is 6.11. The van der Waals surface area contributed by atoms with Gasteiger partial charge in [0, 0.05) is 0 Å². The monoisotopic (exact) mass is 370 g/mol. The van der Waals surface area contributed by atoms with E-state index in [1.165, 1.54) is 6.92 Å². The van der Waals surface area contributed by atoms with E-state index in [0.717, 1.165) is 0 Å². The minimum absolute atomic E-state index is 0.0346. The van der Waals surface area contributed by atoms with Crippen LogP contribution in [-0.2, 0) is 0 Å². The molecule has 0 aliphatic rings. The van der Waals surface area contributed by atoms with Crippen molar-refractivity contribution >= 4 is 0 Å². The molecule has 23 heavy (non-hydrogen) atoms. The maximum absolute atomic E-state index is 13.5. The van der Waals surface area contributed by atoms with Gasteiger partial charge in [0.2, 0.25) is 0 Å². The van der Waals surface area contributed by atoms with Crippen LogP contribution in [0.3, 0.4) is 0 Å². The molecule has 0 rings (SSSR count). The van der Waals surface area contributed by atoms with Gasteiger partial charge < -0.3 is 5.11 Å². The first-order chi connectivity index (χ1) is 9.81. The van der Waals surface area contributed by atoms with E-state index in [1.807, 2.05) is 0 Å². The molecule has 1 N–H and O–H groups in total. The van der Waals surface area contributed by atoms with Gasteiger partial charge in [0.05, 0.1) is 0 Å². The van der Waals surface area contributed by atoms with Crippen molar-refractivity contribution in [2.75, 3.05) is 0 Å². The van der Waals surface area contributed by atoms with Gasteiger partial charge in [0.25, 0.3) is 0 Å². The van der Waals surface area contributed by atoms with Crippen LogP contribution in [0.1, 0.15) is 33.1 Å². The largest absolute Gasteiger partial charge is 0.460 e. The smallest absolute Gasteiger partial charge is 0.384 e. The molecule has 12 heteroatoms. The Morgan fingerprint density at radius 1 is 0.652 bits per heavy atom. The molecule has 140 valence electrons. The zero-order chi connectivity index (χ0) is 19.1. The fraction of sp³-hybridized carbons (Fsp3) is 1.00. The Bertz CT molecular complexity index is 411. The highest BCUT2D eigenvalue weighted by Crippen LogP contribution is 2.59. The molecule has 0 heterocycles. The molecular formula is C11H13F11O. The van der Waals surface area contributed by atoms with E-state index in [0.29, 0.717) is 0 Å². The van der Waals surface area contributed by atoms with Gasteiger partial charge in [0.15, 0.2) is 0 Å². The number of unbranched alkanes of at least 4 members (excludes halogenated alkanes) is 1. The van der Waals surface area contributed by atoms with Crippen molar-refractivity contribution in [1.82, 2.24) is 0 Å². The molecule has 0 saturated carbocycles. The van der Waals surface area contributed by atoms with Crippen molar-refractivity contribution in [3.63, 3.8) is 0 Å². The number of hydrogen-bond donors (Lipinski definition) is 1. The minimum Gasteiger partial charge on any atom is -0.384 e. The van der Waals surface area contributed by atoms with Crippen molar-refractivity contribution in [3.8, 4) is 0 Å². The van der Waals surface area contributed by atoms with E-state index in [1.54, 1.807) is 0 Å². The van der Waals surface area contributed by atoms with Crippen LogP contribution >= 0.6 is 0 Å². The summed E-state index contributed by atoms with van der Waals surface area (Å²) in [5.74, 6) is -28.4. The predicted molar refractivity (Wildman–Crippen MR) is 56.0 cm³/mol. The predicted octanol–water partition coefficient (Wildman–Crippen LogP) is 5.03. The van der Waals surface area contributed by atoms with E-state index in [-0.39, 0.29) is 19.8 Å². The molecule has 0 aromatic carbocycles. The zero-order valence-electron chi connectivity index (χ0n) is 11.7. The van der Waals surface area contributed by atoms with Crippen molar-refractivity contribution in [2.24, 2.45) is 0 Å². The van der Waals surface area contributed by atoms with Gasteiger partial charge in [-0.15, -0.1) is 0 Å². The number of aliphatic hydroxyl groups is 1. The second kappa shape index (κ2) is 5.92. The third-order valence-corrected chi connectivity index (χ3v) is 3.23. The Morgan fingerprint density at radius 2 is 1.00 bits per heavy atom. The summed E-state index contributed by atoms with van der Waals surface area (Å²) in [5.41, 5.74) is -3.93. The van der Waals surface area contributed by atoms with E-state index >= 15 is 0 Å². The van der Waals surface area contributed by atoms with Crippen LogP contribution in [0.4, 0.5) is 48.3 Å². The van der Waals surface area contributed by atoms with Gasteiger partial charge >= 0.3 is 29.9 Å². The van der Waals surface area contributed by atoms with Gasteiger partial charge in [-0.2, -0.15) is 48.3 Å². The lowest BCUT2D eigenvalue weighted by molar-refractivity contribution is -0.435. The molecule has 0 aromatic rings. The Balaban J connectivity index is 6.03. The standard InChI is InChI=1S/C11H13F11O/c1-3-4-5-6(2,23)7(12,13)8(14,15)9(16,17)10(18,19)11(20,21)22/h23H,3-5H2,1-2H3. The van der Waals surface area contributed by atoms with E-state index < -0.39 is 41.9 Å². The van der Waals surface area contributed by atoms with Crippen LogP contribution in [0.25, 0.3) is 0 Å². The van der Waals surface area contributed by atoms with Gasteiger partial charge in [-0.05, 0) is 13.3 Å². The maximum Gasteiger partial charge on any atom is 0.460 e. The Morgan fingerprint density at radius 3 is 1.30 bits per heavy atom. The Kier molecular flexibility index (Phi) is 5.71. The molecule has 0 aliphatic carbocycles. The summed E-state index contributed by atoms with van der Waals surface area (Å²) in [6.07, 6.45) is -8.78. The summed E-state index contributed by atoms with van der Waals surface area (Å²) in [6, 6.07) is 0. The summed E-state index contributed by atoms with van der Waals surface area (Å²) in [4.78, 5) is 0. The molecule has 0 saturated heterocycles. The fourth-order valence-corrected chi connectivity index (χ4v) is 1.59. The fourth-order valence-electron chi connectivity index (χ4n) is 1.59. The highest BCUT2D eigenvalue weighted by atomic mass is 19.4. The van der Waals surface area contributed by atoms with E-state index in [4.69, 9.17) is 0 Å². The molecule has 0 aliphatic heterocycles. The van der Waals surface area contributed by atoms with Crippen LogP contribution < -0.4 is 0 Å². The third-order valence-electron chi connectivity index (χ3n) is 3.23. The normalized spacial score (nSPS) is 18.0. The molecule has 1 nitrogen and oxygen atoms in total. The van der Waals surface area contributed by atoms with Crippen LogP contribution in [0.5, 0.6) is 0 Å². The molecule has 0 aromatic heterocycles. The summed E-state index contributed by atoms with van der Waals surface area (Å²) in [6.45, 7) is 1.30. The molecule has 0 fully saturated rings. The summed E-state index contributed by atoms with van der Waals surface area (Å²) < 4.78 is 141. The van der Waals surface area contributed by atoms with Crippen LogP contribution in [0, 0.1) is 0 Å². The second-order valence-corrected chi connectivity index (χ2v) is 5.17. The zero-order valence-corrected chi connectivity index (χ0v) is 11.7. The molecule has 1 unspecified atom stereocenters. The lowest BCUT2D eigenvalue weighted by Crippen LogP contribution is -2.71. The SMILES string of the molecule is CCCCC(C)(O)C(F)(F)C(F)(F)C(F)(F)C(F)(F)C(F)(F)F. The molecule has 0 bridgehead atoms. The average Bonchev–Trinajstić information content (AvgIpc) is 2.34. The van der Waals surface area contributed by atoms with Crippen molar-refractivity contribution < 1.29 is 53.4 Å². The third kappa shape index (κ3) is 3.22. The highest BCUT2D eigenvalue weighted by Gasteiger charge is 2.89. The summed E-state index contributed by atoms with van der Waals surface area (Å²) in [5, 5.41) is 9.25. The number of halogens is 11. The van der Waals surface area contributed by atoms with E-state index in [2.05, 4.69) is 0 Å². The first kappa shape index (κ1) is 22.2. The molecule has 0 amide bonds. The van der Waals surface area contributed by atoms with Crippen LogP contribution in [-0.4, -0.2) is 40.6 Å². The quantitative estimate of drug-likeness (QED) is 0.624. The van der Waals surface area contributed by atoms with Crippen molar-refractivity contribution in [1.29, 1.82) is 0 Å². The topological polar surface area (TPSA) is 20.2 Å². The minimum atomic E-state index is -7.49. The van der Waals surface area contributed by atoms with Crippen molar-refractivity contribution in [3.05, 3.63) is 0 Å². The van der Waals surface area contributed by atoms with Gasteiger partial charge in [-0.25, -0.2) is 0 Å². The lowest BCUT2D eigenvalue weighted by Gasteiger charge is -2.42. The molecule has 0 radical (unpaired) electrons. The molecule has 0 spiro atoms. The van der Waals surface area contributed by atoms with Crippen molar-refractivity contribution in [2.45, 2.75) is 68.6 Å². The second-order valence-electron chi connectivity index (χ2n) is 5.17. The van der Waals surface area contributed by atoms with Gasteiger partial charge in [0.1, 0.15) is 5.60 Å². The number of rotatable bonds is 7. The number of hydrogen-bond acceptors (Lipinski definition) is 1. The summed E-state index contributed by atoms with van der Waals surface area (Å²) >= 11 is 0. The highest BCUT2D eigenvalue weighted by molar-refractivity contribution is 5.11. The summed E-state index contributed by atoms with van der Waals surface area (Å²) in [7, 11) is 0. The number of alkyl halides is 11. The van der Waals surface area contributed by atoms with Crippen LogP contribution in [0.2, 0.25) is 0 Å². The van der Waals surface area contributed by atoms with Gasteiger partial charge in [-0.1, -0.05) is 19.8 Å². The Labute approximate surface area is 123 Å². The van der Waals surface area contributed by atoms with Gasteiger partial charge in [-0.3, -0.25) is 0 Å². The maximum atomic E-state index is 13.5. The average molecular weight is 370 g/mol. The first-order valence-electron chi connectivity index (χ1n) is 6.11. The van der Waals surface area contributed by atoms with E-state index in [9.17, 15) is 53.4 Å². The van der Waals surface area contributed by atoms with Crippen LogP contribution in [0.15, 0.2) is 0 Å². The molecule has 1 atom stereocenters. The molecular weight excluding hydrogens is 357 g/mol. The Hall–Kier alpha value is -0.810. The lowest BCUT2D eigenvalue weighted by atomic mass is 9.84.